The first-order valence-corrected chi connectivity index (χ1v) is 7.77. The fourth-order valence-electron chi connectivity index (χ4n) is 1.43. The number of hydrogen-bond acceptors (Lipinski definition) is 3. The second-order valence-corrected chi connectivity index (χ2v) is 6.92. The van der Waals surface area contributed by atoms with Crippen molar-refractivity contribution in [2.45, 2.75) is 11.1 Å². The van der Waals surface area contributed by atoms with Gasteiger partial charge in [0.25, 0.3) is 15.0 Å². The molecule has 118 valence electrons. The van der Waals surface area contributed by atoms with Gasteiger partial charge in [-0.2, -0.15) is 13.2 Å². The van der Waals surface area contributed by atoms with Crippen molar-refractivity contribution in [3.63, 3.8) is 0 Å². The highest BCUT2D eigenvalue weighted by molar-refractivity contribution is 8.13. The van der Waals surface area contributed by atoms with Crippen molar-refractivity contribution in [2.24, 2.45) is 0 Å². The van der Waals surface area contributed by atoms with Crippen LogP contribution >= 0.6 is 22.3 Å². The third kappa shape index (κ3) is 4.72. The maximum atomic E-state index is 13.4. The number of alkyl halides is 3. The van der Waals surface area contributed by atoms with Crippen molar-refractivity contribution in [3.8, 4) is 0 Å². The predicted octanol–water partition coefficient (Wildman–Crippen LogP) is 3.04. The highest BCUT2D eigenvalue weighted by Gasteiger charge is 2.32. The monoisotopic (exact) mass is 367 g/mol. The Morgan fingerprint density at radius 3 is 2.29 bits per heavy atom. The van der Waals surface area contributed by atoms with Crippen LogP contribution in [0.1, 0.15) is 10.4 Å². The number of halogens is 6. The molecule has 0 heterocycles. The Labute approximate surface area is 126 Å². The number of hydrogen-bond donors (Lipinski definition) is 0. The molecular weight excluding hydrogens is 361 g/mol. The van der Waals surface area contributed by atoms with Crippen LogP contribution in [0.5, 0.6) is 0 Å². The lowest BCUT2D eigenvalue weighted by Crippen LogP contribution is -2.36. The molecule has 1 rings (SSSR count). The summed E-state index contributed by atoms with van der Waals surface area (Å²) in [6.45, 7) is -1.58. The number of carbonyl (C=O) groups excluding carboxylic acids is 1. The first-order chi connectivity index (χ1) is 9.33. The molecule has 0 bridgehead atoms. The van der Waals surface area contributed by atoms with E-state index in [4.69, 9.17) is 22.3 Å². The van der Waals surface area contributed by atoms with Crippen LogP contribution in [0.2, 0.25) is 5.02 Å². The fraction of sp³-hybridized carbons (Fsp3) is 0.300. The van der Waals surface area contributed by atoms with Crippen molar-refractivity contribution < 1.29 is 30.8 Å². The van der Waals surface area contributed by atoms with E-state index in [9.17, 15) is 30.8 Å². The molecule has 1 aromatic rings. The summed E-state index contributed by atoms with van der Waals surface area (Å²) in [4.78, 5) is 11.0. The molecule has 0 unspecified atom stereocenters. The van der Waals surface area contributed by atoms with Crippen LogP contribution in [0.15, 0.2) is 17.0 Å². The lowest BCUT2D eigenvalue weighted by Gasteiger charge is -2.19. The molecule has 0 aliphatic rings. The molecule has 21 heavy (non-hydrogen) atoms. The van der Waals surface area contributed by atoms with Gasteiger partial charge in [0.15, 0.2) is 0 Å². The molecule has 1 aromatic carbocycles. The number of benzene rings is 1. The Morgan fingerprint density at radius 2 is 1.86 bits per heavy atom. The lowest BCUT2D eigenvalue weighted by atomic mass is 10.2. The van der Waals surface area contributed by atoms with E-state index < -0.39 is 49.0 Å². The summed E-state index contributed by atoms with van der Waals surface area (Å²) in [5.74, 6) is -2.54. The highest BCUT2D eigenvalue weighted by Crippen LogP contribution is 2.27. The Hall–Kier alpha value is -1.06. The third-order valence-corrected chi connectivity index (χ3v) is 3.93. The fourth-order valence-corrected chi connectivity index (χ4v) is 2.56. The summed E-state index contributed by atoms with van der Waals surface area (Å²) >= 11 is 5.56. The maximum Gasteiger partial charge on any atom is 0.406 e. The maximum absolute atomic E-state index is 13.4. The smallest absolute Gasteiger partial charge is 0.333 e. The van der Waals surface area contributed by atoms with Crippen molar-refractivity contribution in [1.82, 2.24) is 4.90 Å². The van der Waals surface area contributed by atoms with Crippen LogP contribution in [0.3, 0.4) is 0 Å². The normalized spacial score (nSPS) is 12.3. The van der Waals surface area contributed by atoms with E-state index in [1.54, 1.807) is 0 Å². The van der Waals surface area contributed by atoms with Crippen LogP contribution in [-0.2, 0) is 9.05 Å². The summed E-state index contributed by atoms with van der Waals surface area (Å²) in [6, 6.07) is 0.987. The minimum Gasteiger partial charge on any atom is -0.333 e. The minimum absolute atomic E-state index is 0.268. The van der Waals surface area contributed by atoms with Gasteiger partial charge in [0.05, 0.1) is 10.6 Å². The molecule has 0 aliphatic heterocycles. The average Bonchev–Trinajstić information content (AvgIpc) is 2.23. The van der Waals surface area contributed by atoms with E-state index in [2.05, 4.69) is 0 Å². The predicted molar refractivity (Wildman–Crippen MR) is 67.5 cm³/mol. The zero-order chi connectivity index (χ0) is 16.6. The van der Waals surface area contributed by atoms with Gasteiger partial charge < -0.3 is 4.90 Å². The second kappa shape index (κ2) is 5.98. The molecule has 0 radical (unpaired) electrons. The summed E-state index contributed by atoms with van der Waals surface area (Å²) in [5, 5.41) is -0.532. The molecule has 0 spiro atoms. The van der Waals surface area contributed by atoms with Gasteiger partial charge in [-0.1, -0.05) is 11.6 Å². The Balaban J connectivity index is 3.28. The molecule has 0 saturated heterocycles. The quantitative estimate of drug-likeness (QED) is 0.609. The third-order valence-electron chi connectivity index (χ3n) is 2.28. The van der Waals surface area contributed by atoms with Crippen molar-refractivity contribution in [1.29, 1.82) is 0 Å². The van der Waals surface area contributed by atoms with E-state index in [1.165, 1.54) is 0 Å². The van der Waals surface area contributed by atoms with Crippen LogP contribution in [0, 0.1) is 5.82 Å². The van der Waals surface area contributed by atoms with E-state index in [1.807, 2.05) is 0 Å². The topological polar surface area (TPSA) is 54.5 Å². The van der Waals surface area contributed by atoms with Gasteiger partial charge in [-0.05, 0) is 12.1 Å². The van der Waals surface area contributed by atoms with Crippen molar-refractivity contribution in [3.05, 3.63) is 28.5 Å². The van der Waals surface area contributed by atoms with Gasteiger partial charge in [0.2, 0.25) is 0 Å². The van der Waals surface area contributed by atoms with Crippen LogP contribution in [-0.4, -0.2) is 39.0 Å². The number of carbonyl (C=O) groups is 1. The molecule has 0 atom stereocenters. The second-order valence-electron chi connectivity index (χ2n) is 3.98. The van der Waals surface area contributed by atoms with E-state index in [0.29, 0.717) is 12.1 Å². The first kappa shape index (κ1) is 18.0. The molecule has 4 nitrogen and oxygen atoms in total. The molecule has 1 amide bonds. The largest absolute Gasteiger partial charge is 0.406 e. The molecular formula is C10H7Cl2F4NO3S. The number of nitrogens with zero attached hydrogens (tertiary/aromatic N) is 1. The lowest BCUT2D eigenvalue weighted by molar-refractivity contribution is -0.138. The molecule has 0 aliphatic carbocycles. The zero-order valence-corrected chi connectivity index (χ0v) is 12.5. The Kier molecular flexibility index (Phi) is 5.12. The van der Waals surface area contributed by atoms with Gasteiger partial charge in [0, 0.05) is 17.7 Å². The summed E-state index contributed by atoms with van der Waals surface area (Å²) in [7, 11) is 1.28. The van der Waals surface area contributed by atoms with E-state index in [-0.39, 0.29) is 4.90 Å². The molecule has 0 N–H and O–H groups in total. The van der Waals surface area contributed by atoms with Gasteiger partial charge in [0.1, 0.15) is 17.3 Å². The number of rotatable bonds is 3. The van der Waals surface area contributed by atoms with Crippen LogP contribution in [0.25, 0.3) is 0 Å². The van der Waals surface area contributed by atoms with Crippen LogP contribution in [0.4, 0.5) is 17.6 Å². The average molecular weight is 368 g/mol. The molecule has 0 aromatic heterocycles. The summed E-state index contributed by atoms with van der Waals surface area (Å²) in [6.07, 6.45) is -4.65. The number of amides is 1. The van der Waals surface area contributed by atoms with Crippen molar-refractivity contribution in [2.75, 3.05) is 13.6 Å². The van der Waals surface area contributed by atoms with Gasteiger partial charge in [-0.25, -0.2) is 12.8 Å². The highest BCUT2D eigenvalue weighted by atomic mass is 35.7. The summed E-state index contributed by atoms with van der Waals surface area (Å²) in [5.41, 5.74) is -0.607. The van der Waals surface area contributed by atoms with Gasteiger partial charge in [-0.3, -0.25) is 4.79 Å². The van der Waals surface area contributed by atoms with Gasteiger partial charge in [-0.15, -0.1) is 0 Å². The van der Waals surface area contributed by atoms with E-state index >= 15 is 0 Å². The SMILES string of the molecule is CN(CC(F)(F)F)C(=O)c1cc(S(=O)(=O)Cl)c(F)cc1Cl. The Bertz CT molecular complexity index is 676. The summed E-state index contributed by atoms with van der Waals surface area (Å²) < 4.78 is 72.3. The zero-order valence-electron chi connectivity index (χ0n) is 10.2. The van der Waals surface area contributed by atoms with E-state index in [0.717, 1.165) is 7.05 Å². The van der Waals surface area contributed by atoms with Crippen molar-refractivity contribution >= 4 is 37.2 Å². The van der Waals surface area contributed by atoms with Gasteiger partial charge >= 0.3 is 6.18 Å². The molecule has 0 saturated carbocycles. The standard InChI is InChI=1S/C10H7Cl2F4NO3S/c1-17(4-10(14,15)16)9(18)5-2-8(21(12,19)20)7(13)3-6(5)11/h2-3H,4H2,1H3. The van der Waals surface area contributed by atoms with Crippen LogP contribution < -0.4 is 0 Å². The Morgan fingerprint density at radius 1 is 1.33 bits per heavy atom. The molecule has 0 fully saturated rings. The first-order valence-electron chi connectivity index (χ1n) is 5.09. The molecule has 11 heteroatoms. The minimum atomic E-state index is -4.65.